The number of carbonyl (C=O) groups excluding carboxylic acids is 1. The van der Waals surface area contributed by atoms with Crippen molar-refractivity contribution in [2.45, 2.75) is 19.8 Å². The monoisotopic (exact) mass is 354 g/mol. The van der Waals surface area contributed by atoms with Crippen LogP contribution in [0.2, 0.25) is 0 Å². The van der Waals surface area contributed by atoms with Gasteiger partial charge in [-0.05, 0) is 42.8 Å². The van der Waals surface area contributed by atoms with Gasteiger partial charge >= 0.3 is 0 Å². The first kappa shape index (κ1) is 19.4. The number of ether oxygens (including phenoxy) is 2. The van der Waals surface area contributed by atoms with Gasteiger partial charge in [-0.1, -0.05) is 38.1 Å². The second-order valence-corrected chi connectivity index (χ2v) is 5.72. The Morgan fingerprint density at radius 3 is 2.62 bits per heavy atom. The maximum Gasteiger partial charge on any atom is 0.243 e. The lowest BCUT2D eigenvalue weighted by molar-refractivity contribution is -0.114. The molecule has 0 aliphatic heterocycles. The van der Waals surface area contributed by atoms with E-state index in [1.54, 1.807) is 6.08 Å². The van der Waals surface area contributed by atoms with Crippen molar-refractivity contribution in [1.82, 2.24) is 0 Å². The molecule has 0 heterocycles. The minimum Gasteiger partial charge on any atom is -0.491 e. The summed E-state index contributed by atoms with van der Waals surface area (Å²) in [7, 11) is 0. The lowest BCUT2D eigenvalue weighted by atomic mass is 10.2. The van der Waals surface area contributed by atoms with Crippen molar-refractivity contribution in [3.63, 3.8) is 0 Å². The molecule has 138 valence electrons. The van der Waals surface area contributed by atoms with Gasteiger partial charge < -0.3 is 20.1 Å². The molecule has 0 aliphatic rings. The Morgan fingerprint density at radius 1 is 1.12 bits per heavy atom. The molecule has 2 aromatic carbocycles. The van der Waals surface area contributed by atoms with Crippen LogP contribution in [0, 0.1) is 0 Å². The normalized spacial score (nSPS) is 10.0. The highest BCUT2D eigenvalue weighted by Crippen LogP contribution is 2.24. The van der Waals surface area contributed by atoms with Crippen LogP contribution in [0.15, 0.2) is 61.2 Å². The molecule has 26 heavy (non-hydrogen) atoms. The molecule has 0 unspecified atom stereocenters. The number of unbranched alkanes of at least 4 members (excludes halogenated alkanes) is 1. The van der Waals surface area contributed by atoms with E-state index in [1.807, 2.05) is 48.5 Å². The largest absolute Gasteiger partial charge is 0.491 e. The summed E-state index contributed by atoms with van der Waals surface area (Å²) in [5.74, 6) is 1.32. The van der Waals surface area contributed by atoms with Gasteiger partial charge in [0.05, 0.1) is 18.8 Å². The Hall–Kier alpha value is -2.95. The van der Waals surface area contributed by atoms with Gasteiger partial charge in [0.15, 0.2) is 0 Å². The Bertz CT molecular complexity index is 699. The molecular weight excluding hydrogens is 328 g/mol. The third kappa shape index (κ3) is 6.51. The minimum atomic E-state index is -0.136. The average molecular weight is 354 g/mol. The number of amides is 1. The summed E-state index contributed by atoms with van der Waals surface area (Å²) in [5.41, 5.74) is 1.53. The molecule has 2 N–H and O–H groups in total. The molecule has 0 fully saturated rings. The van der Waals surface area contributed by atoms with Gasteiger partial charge in [0.2, 0.25) is 5.91 Å². The van der Waals surface area contributed by atoms with Crippen molar-refractivity contribution < 1.29 is 14.3 Å². The van der Waals surface area contributed by atoms with Gasteiger partial charge in [-0.15, -0.1) is 0 Å². The standard InChI is InChI=1S/C21H26N2O3/c1-3-5-15-26-20-9-7-6-8-19(20)23-21(24)16-22-17-10-12-18(13-11-17)25-14-4-2/h4,6-13,22H,2-3,5,14-16H2,1H3,(H,23,24). The molecule has 0 radical (unpaired) electrons. The summed E-state index contributed by atoms with van der Waals surface area (Å²) in [5, 5.41) is 5.98. The summed E-state index contributed by atoms with van der Waals surface area (Å²) >= 11 is 0. The fourth-order valence-electron chi connectivity index (χ4n) is 2.22. The molecule has 0 saturated heterocycles. The quantitative estimate of drug-likeness (QED) is 0.461. The molecule has 1 amide bonds. The van der Waals surface area contributed by atoms with Gasteiger partial charge in [-0.25, -0.2) is 0 Å². The summed E-state index contributed by atoms with van der Waals surface area (Å²) in [6.07, 6.45) is 3.74. The zero-order valence-electron chi connectivity index (χ0n) is 15.2. The number of para-hydroxylation sites is 2. The second kappa shape index (κ2) is 10.8. The SMILES string of the molecule is C=CCOc1ccc(NCC(=O)Nc2ccccc2OCCCC)cc1. The minimum absolute atomic E-state index is 0.136. The topological polar surface area (TPSA) is 59.6 Å². The maximum atomic E-state index is 12.2. The molecule has 0 aromatic heterocycles. The highest BCUT2D eigenvalue weighted by Gasteiger charge is 2.07. The van der Waals surface area contributed by atoms with Crippen molar-refractivity contribution in [3.05, 3.63) is 61.2 Å². The first-order valence-corrected chi connectivity index (χ1v) is 8.82. The lowest BCUT2D eigenvalue weighted by Gasteiger charge is -2.13. The number of carbonyl (C=O) groups is 1. The fourth-order valence-corrected chi connectivity index (χ4v) is 2.22. The van der Waals surface area contributed by atoms with Gasteiger partial charge in [0.25, 0.3) is 0 Å². The smallest absolute Gasteiger partial charge is 0.243 e. The van der Waals surface area contributed by atoms with Crippen molar-refractivity contribution in [3.8, 4) is 11.5 Å². The Balaban J connectivity index is 1.84. The Kier molecular flexibility index (Phi) is 8.06. The van der Waals surface area contributed by atoms with Crippen molar-refractivity contribution in [2.24, 2.45) is 0 Å². The third-order valence-corrected chi connectivity index (χ3v) is 3.59. The highest BCUT2D eigenvalue weighted by molar-refractivity contribution is 5.95. The second-order valence-electron chi connectivity index (χ2n) is 5.72. The number of hydrogen-bond acceptors (Lipinski definition) is 4. The molecule has 2 rings (SSSR count). The predicted octanol–water partition coefficient (Wildman–Crippen LogP) is 4.48. The van der Waals surface area contributed by atoms with Crippen LogP contribution in [0.25, 0.3) is 0 Å². The molecule has 0 bridgehead atoms. The van der Waals surface area contributed by atoms with E-state index in [9.17, 15) is 4.79 Å². The molecule has 0 atom stereocenters. The summed E-state index contributed by atoms with van der Waals surface area (Å²) in [6.45, 7) is 7.00. The molecule has 5 nitrogen and oxygen atoms in total. The molecular formula is C21H26N2O3. The van der Waals surface area contributed by atoms with Crippen LogP contribution in [0.4, 0.5) is 11.4 Å². The number of anilines is 2. The number of hydrogen-bond donors (Lipinski definition) is 2. The van der Waals surface area contributed by atoms with Crippen LogP contribution >= 0.6 is 0 Å². The van der Waals surface area contributed by atoms with Gasteiger partial charge in [-0.2, -0.15) is 0 Å². The van der Waals surface area contributed by atoms with Crippen LogP contribution in [0.3, 0.4) is 0 Å². The first-order valence-electron chi connectivity index (χ1n) is 8.82. The number of nitrogens with one attached hydrogen (secondary N) is 2. The van der Waals surface area contributed by atoms with Crippen LogP contribution in [0.1, 0.15) is 19.8 Å². The Morgan fingerprint density at radius 2 is 1.88 bits per heavy atom. The van der Waals surface area contributed by atoms with E-state index in [1.165, 1.54) is 0 Å². The van der Waals surface area contributed by atoms with Gasteiger partial charge in [0, 0.05) is 5.69 Å². The van der Waals surface area contributed by atoms with E-state index in [0.29, 0.717) is 24.7 Å². The first-order chi connectivity index (χ1) is 12.7. The molecule has 0 spiro atoms. The maximum absolute atomic E-state index is 12.2. The van der Waals surface area contributed by atoms with Crippen molar-refractivity contribution >= 4 is 17.3 Å². The van der Waals surface area contributed by atoms with E-state index in [2.05, 4.69) is 24.1 Å². The Labute approximate surface area is 155 Å². The van der Waals surface area contributed by atoms with E-state index in [-0.39, 0.29) is 12.5 Å². The summed E-state index contributed by atoms with van der Waals surface area (Å²) in [6, 6.07) is 14.9. The third-order valence-electron chi connectivity index (χ3n) is 3.59. The van der Waals surface area contributed by atoms with Crippen molar-refractivity contribution in [2.75, 3.05) is 30.4 Å². The van der Waals surface area contributed by atoms with Gasteiger partial charge in [0.1, 0.15) is 18.1 Å². The van der Waals surface area contributed by atoms with Crippen LogP contribution < -0.4 is 20.1 Å². The summed E-state index contributed by atoms with van der Waals surface area (Å²) in [4.78, 5) is 12.2. The zero-order valence-corrected chi connectivity index (χ0v) is 15.2. The summed E-state index contributed by atoms with van der Waals surface area (Å²) < 4.78 is 11.2. The molecule has 0 aliphatic carbocycles. The number of rotatable bonds is 11. The van der Waals surface area contributed by atoms with E-state index < -0.39 is 0 Å². The van der Waals surface area contributed by atoms with E-state index >= 15 is 0 Å². The van der Waals surface area contributed by atoms with Gasteiger partial charge in [-0.3, -0.25) is 4.79 Å². The van der Waals surface area contributed by atoms with Crippen LogP contribution in [-0.4, -0.2) is 25.7 Å². The van der Waals surface area contributed by atoms with E-state index in [4.69, 9.17) is 9.47 Å². The average Bonchev–Trinajstić information content (AvgIpc) is 2.67. The molecule has 5 heteroatoms. The fraction of sp³-hybridized carbons (Fsp3) is 0.286. The lowest BCUT2D eigenvalue weighted by Crippen LogP contribution is -2.22. The van der Waals surface area contributed by atoms with E-state index in [0.717, 1.165) is 24.3 Å². The van der Waals surface area contributed by atoms with Crippen LogP contribution in [-0.2, 0) is 4.79 Å². The molecule has 0 saturated carbocycles. The highest BCUT2D eigenvalue weighted by atomic mass is 16.5. The zero-order chi connectivity index (χ0) is 18.6. The predicted molar refractivity (Wildman–Crippen MR) is 106 cm³/mol. The van der Waals surface area contributed by atoms with Crippen LogP contribution in [0.5, 0.6) is 11.5 Å². The van der Waals surface area contributed by atoms with Crippen molar-refractivity contribution in [1.29, 1.82) is 0 Å². The molecule has 2 aromatic rings. The number of benzene rings is 2.